The Hall–Kier alpha value is -1.69. The van der Waals surface area contributed by atoms with Crippen molar-refractivity contribution < 1.29 is 0 Å². The van der Waals surface area contributed by atoms with Crippen LogP contribution < -0.4 is 5.73 Å². The summed E-state index contributed by atoms with van der Waals surface area (Å²) in [5.74, 6) is 0.420. The summed E-state index contributed by atoms with van der Waals surface area (Å²) in [6.45, 7) is 0. The largest absolute Gasteiger partial charge is 0.387 e. The molecule has 0 atom stereocenters. The topological polar surface area (TPSA) is 93.0 Å². The van der Waals surface area contributed by atoms with Gasteiger partial charge in [0, 0.05) is 0 Å². The normalized spacial score (nSPS) is 10.6. The van der Waals surface area contributed by atoms with Crippen LogP contribution in [0.5, 0.6) is 0 Å². The van der Waals surface area contributed by atoms with Gasteiger partial charge in [0.1, 0.15) is 0 Å². The van der Waals surface area contributed by atoms with Crippen LogP contribution in [0.3, 0.4) is 0 Å². The van der Waals surface area contributed by atoms with Crippen LogP contribution >= 0.6 is 11.6 Å². The Balaban J connectivity index is 2.57. The number of amidine groups is 1. The summed E-state index contributed by atoms with van der Waals surface area (Å²) in [5.41, 5.74) is 5.77. The summed E-state index contributed by atoms with van der Waals surface area (Å²) in [6, 6.07) is 0. The van der Waals surface area contributed by atoms with Crippen molar-refractivity contribution in [3.8, 4) is 0 Å². The number of nitrogens with two attached hydrogens (primary N) is 1. The van der Waals surface area contributed by atoms with Crippen molar-refractivity contribution in [3.63, 3.8) is 0 Å². The number of nitrogens with zero attached hydrogens (tertiary/aromatic N) is 4. The lowest BCUT2D eigenvalue weighted by atomic mass is 10.3. The number of halogens is 1. The van der Waals surface area contributed by atoms with Crippen molar-refractivity contribution in [2.24, 2.45) is 5.73 Å². The molecular formula is C7H7ClN6. The molecule has 0 radical (unpaired) electrons. The van der Waals surface area contributed by atoms with Crippen molar-refractivity contribution in [2.75, 3.05) is 0 Å². The highest BCUT2D eigenvalue weighted by molar-refractivity contribution is 6.30. The van der Waals surface area contributed by atoms with Gasteiger partial charge in [-0.3, -0.25) is 5.41 Å². The Bertz CT molecular complexity index is 490. The lowest BCUT2D eigenvalue weighted by Gasteiger charge is -1.93. The molecule has 0 spiro atoms. The highest BCUT2D eigenvalue weighted by atomic mass is 35.5. The molecule has 72 valence electrons. The SMILES string of the molecule is N=C(N)Cc1nc2nccnn2c1Cl. The number of aromatic nitrogens is 4. The molecule has 0 aliphatic rings. The minimum Gasteiger partial charge on any atom is -0.387 e. The third kappa shape index (κ3) is 1.39. The fourth-order valence-corrected chi connectivity index (χ4v) is 1.33. The zero-order valence-electron chi connectivity index (χ0n) is 7.11. The van der Waals surface area contributed by atoms with Crippen LogP contribution in [0.25, 0.3) is 5.78 Å². The van der Waals surface area contributed by atoms with E-state index in [1.807, 2.05) is 0 Å². The standard InChI is InChI=1S/C7H7ClN6/c8-6-4(3-5(9)10)13-7-11-1-2-12-14(6)7/h1-2H,3H2,(H3,9,10). The number of hydrogen-bond donors (Lipinski definition) is 2. The van der Waals surface area contributed by atoms with Gasteiger partial charge in [0.05, 0.1) is 30.3 Å². The van der Waals surface area contributed by atoms with E-state index in [1.165, 1.54) is 16.9 Å². The molecule has 0 aliphatic heterocycles. The van der Waals surface area contributed by atoms with Gasteiger partial charge in [-0.1, -0.05) is 11.6 Å². The Labute approximate surface area is 84.2 Å². The second-order valence-corrected chi connectivity index (χ2v) is 3.06. The monoisotopic (exact) mass is 210 g/mol. The lowest BCUT2D eigenvalue weighted by molar-refractivity contribution is 0.902. The molecule has 0 bridgehead atoms. The van der Waals surface area contributed by atoms with Gasteiger partial charge in [-0.05, 0) is 0 Å². The number of imidazole rings is 1. The molecule has 0 saturated heterocycles. The molecule has 2 rings (SSSR count). The van der Waals surface area contributed by atoms with E-state index < -0.39 is 0 Å². The Kier molecular flexibility index (Phi) is 2.05. The zero-order valence-corrected chi connectivity index (χ0v) is 7.86. The van der Waals surface area contributed by atoms with Crippen molar-refractivity contribution >= 4 is 23.2 Å². The maximum atomic E-state index is 7.13. The summed E-state index contributed by atoms with van der Waals surface area (Å²) >= 11 is 5.95. The first-order chi connectivity index (χ1) is 6.68. The van der Waals surface area contributed by atoms with Crippen LogP contribution in [-0.4, -0.2) is 25.4 Å². The molecular weight excluding hydrogens is 204 g/mol. The second-order valence-electron chi connectivity index (χ2n) is 2.71. The zero-order chi connectivity index (χ0) is 10.1. The first-order valence-electron chi connectivity index (χ1n) is 3.85. The van der Waals surface area contributed by atoms with Crippen LogP contribution in [-0.2, 0) is 6.42 Å². The van der Waals surface area contributed by atoms with Gasteiger partial charge >= 0.3 is 0 Å². The Morgan fingerprint density at radius 2 is 2.36 bits per heavy atom. The number of fused-ring (bicyclic) bond motifs is 1. The summed E-state index contributed by atoms with van der Waals surface area (Å²) < 4.78 is 1.40. The minimum atomic E-state index is 0.00954. The molecule has 2 aromatic rings. The van der Waals surface area contributed by atoms with Gasteiger partial charge in [-0.15, -0.1) is 0 Å². The lowest BCUT2D eigenvalue weighted by Crippen LogP contribution is -2.13. The van der Waals surface area contributed by atoms with Crippen molar-refractivity contribution in [2.45, 2.75) is 6.42 Å². The summed E-state index contributed by atoms with van der Waals surface area (Å²) in [6.07, 6.45) is 3.25. The van der Waals surface area contributed by atoms with Crippen LogP contribution in [0.1, 0.15) is 5.69 Å². The van der Waals surface area contributed by atoms with Gasteiger partial charge in [0.25, 0.3) is 5.78 Å². The third-order valence-electron chi connectivity index (χ3n) is 1.65. The number of nitrogens with one attached hydrogen (secondary N) is 1. The van der Waals surface area contributed by atoms with Crippen LogP contribution in [0.15, 0.2) is 12.4 Å². The molecule has 0 fully saturated rings. The average Bonchev–Trinajstić information content (AvgIpc) is 2.44. The highest BCUT2D eigenvalue weighted by Gasteiger charge is 2.11. The fraction of sp³-hybridized carbons (Fsp3) is 0.143. The van der Waals surface area contributed by atoms with Crippen LogP contribution in [0, 0.1) is 5.41 Å². The van der Waals surface area contributed by atoms with Gasteiger partial charge < -0.3 is 5.73 Å². The van der Waals surface area contributed by atoms with Gasteiger partial charge in [0.2, 0.25) is 0 Å². The van der Waals surface area contributed by atoms with Gasteiger partial charge in [-0.2, -0.15) is 9.61 Å². The van der Waals surface area contributed by atoms with Crippen LogP contribution in [0.4, 0.5) is 0 Å². The van der Waals surface area contributed by atoms with E-state index in [2.05, 4.69) is 15.1 Å². The third-order valence-corrected chi connectivity index (χ3v) is 2.02. The summed E-state index contributed by atoms with van der Waals surface area (Å²) in [5, 5.41) is 11.4. The quantitative estimate of drug-likeness (QED) is 0.549. The average molecular weight is 211 g/mol. The van der Waals surface area contributed by atoms with E-state index in [1.54, 1.807) is 0 Å². The molecule has 0 saturated carbocycles. The van der Waals surface area contributed by atoms with E-state index in [4.69, 9.17) is 22.7 Å². The van der Waals surface area contributed by atoms with E-state index in [0.29, 0.717) is 16.6 Å². The molecule has 0 aromatic carbocycles. The number of hydrogen-bond acceptors (Lipinski definition) is 4. The van der Waals surface area contributed by atoms with Crippen molar-refractivity contribution in [1.29, 1.82) is 5.41 Å². The molecule has 7 heteroatoms. The smallest absolute Gasteiger partial charge is 0.252 e. The predicted octanol–water partition coefficient (Wildman–Crippen LogP) is 0.256. The second kappa shape index (κ2) is 3.22. The van der Waals surface area contributed by atoms with E-state index in [0.717, 1.165) is 0 Å². The number of rotatable bonds is 2. The first kappa shape index (κ1) is 8.89. The first-order valence-corrected chi connectivity index (χ1v) is 4.23. The van der Waals surface area contributed by atoms with E-state index in [9.17, 15) is 0 Å². The molecule has 2 heterocycles. The Morgan fingerprint density at radius 3 is 3.00 bits per heavy atom. The molecule has 0 aliphatic carbocycles. The highest BCUT2D eigenvalue weighted by Crippen LogP contribution is 2.15. The van der Waals surface area contributed by atoms with Crippen molar-refractivity contribution in [1.82, 2.24) is 19.6 Å². The summed E-state index contributed by atoms with van der Waals surface area (Å²) in [4.78, 5) is 8.05. The minimum absolute atomic E-state index is 0.00954. The van der Waals surface area contributed by atoms with E-state index in [-0.39, 0.29) is 12.3 Å². The van der Waals surface area contributed by atoms with Crippen LogP contribution in [0.2, 0.25) is 5.15 Å². The Morgan fingerprint density at radius 1 is 1.57 bits per heavy atom. The maximum Gasteiger partial charge on any atom is 0.252 e. The van der Waals surface area contributed by atoms with E-state index >= 15 is 0 Å². The fourth-order valence-electron chi connectivity index (χ4n) is 1.10. The predicted molar refractivity (Wildman–Crippen MR) is 51.4 cm³/mol. The van der Waals surface area contributed by atoms with Gasteiger partial charge in [0.15, 0.2) is 5.15 Å². The van der Waals surface area contributed by atoms with Crippen molar-refractivity contribution in [3.05, 3.63) is 23.2 Å². The maximum absolute atomic E-state index is 7.13. The van der Waals surface area contributed by atoms with Gasteiger partial charge in [-0.25, -0.2) is 9.97 Å². The molecule has 0 amide bonds. The molecule has 3 N–H and O–H groups in total. The summed E-state index contributed by atoms with van der Waals surface area (Å²) in [7, 11) is 0. The molecule has 14 heavy (non-hydrogen) atoms. The molecule has 0 unspecified atom stereocenters. The molecule has 6 nitrogen and oxygen atoms in total. The molecule has 2 aromatic heterocycles.